The largest absolute Gasteiger partial charge is 0.388 e. The fourth-order valence-corrected chi connectivity index (χ4v) is 4.00. The smallest absolute Gasteiger partial charge is 0.233 e. The number of β-amino-alcohol motifs (C(OH)–C–C–N with tert-alkyl or cyclic N) is 1. The molecule has 2 aliphatic heterocycles. The van der Waals surface area contributed by atoms with E-state index in [4.69, 9.17) is 4.74 Å². The molecule has 0 bridgehead atoms. The minimum atomic E-state index is -0.727. The Hall–Kier alpha value is -1.46. The molecule has 1 aliphatic carbocycles. The molecule has 0 aromatic heterocycles. The molecule has 4 nitrogen and oxygen atoms in total. The summed E-state index contributed by atoms with van der Waals surface area (Å²) < 4.78 is 19.8. The Balaban J connectivity index is 1.59. The van der Waals surface area contributed by atoms with E-state index in [0.717, 1.165) is 12.8 Å². The molecule has 2 heterocycles. The first-order chi connectivity index (χ1) is 10.6. The molecular formula is C17H20FNO3. The molecule has 1 spiro atoms. The first-order valence-electron chi connectivity index (χ1n) is 7.94. The summed E-state index contributed by atoms with van der Waals surface area (Å²) in [5.41, 5.74) is -0.835. The Bertz CT molecular complexity index is 608. The van der Waals surface area contributed by atoms with Gasteiger partial charge in [-0.1, -0.05) is 18.2 Å². The molecule has 2 atom stereocenters. The van der Waals surface area contributed by atoms with E-state index in [1.165, 1.54) is 6.07 Å². The predicted molar refractivity (Wildman–Crippen MR) is 77.8 cm³/mol. The van der Waals surface area contributed by atoms with Crippen LogP contribution in [-0.4, -0.2) is 47.3 Å². The SMILES string of the molecule is O=C(N1C[C@H](O)[C@]2(CCCO2)C1)C1(c2ccccc2F)CC1. The van der Waals surface area contributed by atoms with Crippen molar-refractivity contribution < 1.29 is 19.0 Å². The van der Waals surface area contributed by atoms with Gasteiger partial charge in [-0.3, -0.25) is 4.79 Å². The molecule has 2 saturated heterocycles. The highest BCUT2D eigenvalue weighted by Gasteiger charge is 2.58. The van der Waals surface area contributed by atoms with Gasteiger partial charge < -0.3 is 14.7 Å². The van der Waals surface area contributed by atoms with Crippen LogP contribution in [0.3, 0.4) is 0 Å². The number of carbonyl (C=O) groups is 1. The van der Waals surface area contributed by atoms with Crippen molar-refractivity contribution in [2.24, 2.45) is 0 Å². The van der Waals surface area contributed by atoms with E-state index in [9.17, 15) is 14.3 Å². The molecule has 1 aromatic carbocycles. The third-order valence-electron chi connectivity index (χ3n) is 5.43. The second-order valence-corrected chi connectivity index (χ2v) is 6.78. The molecule has 1 aromatic rings. The summed E-state index contributed by atoms with van der Waals surface area (Å²) in [6.45, 7) is 1.34. The lowest BCUT2D eigenvalue weighted by molar-refractivity contribution is -0.134. The molecule has 118 valence electrons. The van der Waals surface area contributed by atoms with Crippen LogP contribution in [0.1, 0.15) is 31.2 Å². The number of benzene rings is 1. The zero-order valence-corrected chi connectivity index (χ0v) is 12.4. The van der Waals surface area contributed by atoms with Crippen molar-refractivity contribution in [2.45, 2.75) is 42.8 Å². The number of rotatable bonds is 2. The lowest BCUT2D eigenvalue weighted by Crippen LogP contribution is -2.42. The molecule has 0 radical (unpaired) electrons. The van der Waals surface area contributed by atoms with E-state index in [0.29, 0.717) is 31.6 Å². The first kappa shape index (κ1) is 14.2. The van der Waals surface area contributed by atoms with Crippen LogP contribution in [0.4, 0.5) is 4.39 Å². The Morgan fingerprint density at radius 3 is 2.73 bits per heavy atom. The van der Waals surface area contributed by atoms with Gasteiger partial charge >= 0.3 is 0 Å². The van der Waals surface area contributed by atoms with Crippen LogP contribution >= 0.6 is 0 Å². The first-order valence-corrected chi connectivity index (χ1v) is 7.94. The summed E-state index contributed by atoms with van der Waals surface area (Å²) in [6.07, 6.45) is 2.40. The molecule has 3 fully saturated rings. The Morgan fingerprint density at radius 2 is 2.09 bits per heavy atom. The minimum absolute atomic E-state index is 0.0657. The van der Waals surface area contributed by atoms with Gasteiger partial charge in [0.15, 0.2) is 0 Å². The Labute approximate surface area is 128 Å². The average molecular weight is 305 g/mol. The van der Waals surface area contributed by atoms with Crippen LogP contribution in [-0.2, 0) is 14.9 Å². The fourth-order valence-electron chi connectivity index (χ4n) is 4.00. The van der Waals surface area contributed by atoms with Gasteiger partial charge in [0.1, 0.15) is 17.5 Å². The van der Waals surface area contributed by atoms with Crippen molar-refractivity contribution in [1.29, 1.82) is 0 Å². The average Bonchev–Trinajstić information content (AvgIpc) is 3.07. The summed E-state index contributed by atoms with van der Waals surface area (Å²) in [7, 11) is 0. The lowest BCUT2D eigenvalue weighted by atomic mass is 9.93. The summed E-state index contributed by atoms with van der Waals surface area (Å²) in [5.74, 6) is -0.385. The van der Waals surface area contributed by atoms with Crippen molar-refractivity contribution in [3.8, 4) is 0 Å². The van der Waals surface area contributed by atoms with E-state index in [1.807, 2.05) is 0 Å². The van der Waals surface area contributed by atoms with Crippen molar-refractivity contribution in [3.63, 3.8) is 0 Å². The van der Waals surface area contributed by atoms with Gasteiger partial charge in [0.05, 0.1) is 12.0 Å². The van der Waals surface area contributed by atoms with Crippen LogP contribution in [0.2, 0.25) is 0 Å². The number of hydrogen-bond acceptors (Lipinski definition) is 3. The second-order valence-electron chi connectivity index (χ2n) is 6.78. The number of aliphatic hydroxyl groups excluding tert-OH is 1. The number of amides is 1. The number of carbonyl (C=O) groups excluding carboxylic acids is 1. The molecule has 5 heteroatoms. The number of aliphatic hydroxyl groups is 1. The molecule has 1 saturated carbocycles. The predicted octanol–water partition coefficient (Wildman–Crippen LogP) is 1.61. The molecule has 4 rings (SSSR count). The topological polar surface area (TPSA) is 49.8 Å². The molecule has 1 amide bonds. The monoisotopic (exact) mass is 305 g/mol. The number of nitrogens with zero attached hydrogens (tertiary/aromatic N) is 1. The van der Waals surface area contributed by atoms with Gasteiger partial charge in [-0.15, -0.1) is 0 Å². The van der Waals surface area contributed by atoms with Gasteiger partial charge in [0, 0.05) is 18.7 Å². The van der Waals surface area contributed by atoms with Crippen molar-refractivity contribution in [1.82, 2.24) is 4.90 Å². The molecule has 1 N–H and O–H groups in total. The third-order valence-corrected chi connectivity index (χ3v) is 5.43. The van der Waals surface area contributed by atoms with Crippen LogP contribution < -0.4 is 0 Å². The molecular weight excluding hydrogens is 285 g/mol. The lowest BCUT2D eigenvalue weighted by Gasteiger charge is -2.27. The van der Waals surface area contributed by atoms with Crippen LogP contribution in [0.15, 0.2) is 24.3 Å². The van der Waals surface area contributed by atoms with Gasteiger partial charge in [-0.25, -0.2) is 4.39 Å². The van der Waals surface area contributed by atoms with Crippen LogP contribution in [0.25, 0.3) is 0 Å². The van der Waals surface area contributed by atoms with E-state index < -0.39 is 17.1 Å². The normalized spacial score (nSPS) is 32.6. The molecule has 0 unspecified atom stereocenters. The van der Waals surface area contributed by atoms with E-state index in [1.54, 1.807) is 23.1 Å². The van der Waals surface area contributed by atoms with E-state index in [2.05, 4.69) is 0 Å². The van der Waals surface area contributed by atoms with Gasteiger partial charge in [0.25, 0.3) is 0 Å². The third kappa shape index (κ3) is 1.92. The van der Waals surface area contributed by atoms with Crippen LogP contribution in [0, 0.1) is 5.82 Å². The van der Waals surface area contributed by atoms with Crippen molar-refractivity contribution >= 4 is 5.91 Å². The van der Waals surface area contributed by atoms with Gasteiger partial charge in [0.2, 0.25) is 5.91 Å². The zero-order valence-electron chi connectivity index (χ0n) is 12.4. The Kier molecular flexibility index (Phi) is 3.07. The minimum Gasteiger partial charge on any atom is -0.388 e. The highest BCUT2D eigenvalue weighted by atomic mass is 19.1. The summed E-state index contributed by atoms with van der Waals surface area (Å²) in [4.78, 5) is 14.6. The molecule has 22 heavy (non-hydrogen) atoms. The maximum atomic E-state index is 14.1. The Morgan fingerprint density at radius 1 is 1.32 bits per heavy atom. The number of ether oxygens (including phenoxy) is 1. The van der Waals surface area contributed by atoms with Crippen LogP contribution in [0.5, 0.6) is 0 Å². The van der Waals surface area contributed by atoms with E-state index in [-0.39, 0.29) is 18.3 Å². The highest BCUT2D eigenvalue weighted by molar-refractivity contribution is 5.91. The summed E-state index contributed by atoms with van der Waals surface area (Å²) in [5, 5.41) is 10.3. The summed E-state index contributed by atoms with van der Waals surface area (Å²) in [6, 6.07) is 6.52. The highest BCUT2D eigenvalue weighted by Crippen LogP contribution is 2.51. The molecule has 3 aliphatic rings. The summed E-state index contributed by atoms with van der Waals surface area (Å²) >= 11 is 0. The maximum Gasteiger partial charge on any atom is 0.233 e. The second kappa shape index (κ2) is 4.77. The number of hydrogen-bond donors (Lipinski definition) is 1. The zero-order chi connectivity index (χ0) is 15.4. The van der Waals surface area contributed by atoms with E-state index >= 15 is 0 Å². The van der Waals surface area contributed by atoms with Crippen molar-refractivity contribution in [2.75, 3.05) is 19.7 Å². The quantitative estimate of drug-likeness (QED) is 0.903. The van der Waals surface area contributed by atoms with Gasteiger partial charge in [-0.2, -0.15) is 0 Å². The fraction of sp³-hybridized carbons (Fsp3) is 0.588. The maximum absolute atomic E-state index is 14.1. The van der Waals surface area contributed by atoms with Gasteiger partial charge in [-0.05, 0) is 31.7 Å². The standard InChI is InChI=1S/C17H20FNO3/c18-13-5-2-1-4-12(13)16(7-8-16)15(21)19-10-14(20)17(11-19)6-3-9-22-17/h1-2,4-5,14,20H,3,6-11H2/t14-,17-/m0/s1. The number of likely N-dealkylation sites (tertiary alicyclic amines) is 1. The van der Waals surface area contributed by atoms with Crippen molar-refractivity contribution in [3.05, 3.63) is 35.6 Å². The number of halogens is 1.